The summed E-state index contributed by atoms with van der Waals surface area (Å²) in [6.07, 6.45) is 1.74. The van der Waals surface area contributed by atoms with Gasteiger partial charge in [0.05, 0.1) is 17.4 Å². The van der Waals surface area contributed by atoms with Crippen molar-refractivity contribution in [3.8, 4) is 0 Å². The molecule has 0 spiro atoms. The molecular weight excluding hydrogens is 190 g/mol. The highest BCUT2D eigenvalue weighted by Crippen LogP contribution is 2.20. The van der Waals surface area contributed by atoms with Crippen molar-refractivity contribution in [1.82, 2.24) is 4.98 Å². The van der Waals surface area contributed by atoms with E-state index in [0.717, 1.165) is 5.69 Å². The zero-order valence-electron chi connectivity index (χ0n) is 10.0. The summed E-state index contributed by atoms with van der Waals surface area (Å²) in [4.78, 5) is 6.17. The lowest BCUT2D eigenvalue weighted by Crippen LogP contribution is -2.39. The summed E-state index contributed by atoms with van der Waals surface area (Å²) in [5.41, 5.74) is 0.674. The third kappa shape index (κ3) is 2.83. The third-order valence-corrected chi connectivity index (χ3v) is 2.10. The van der Waals surface area contributed by atoms with Crippen LogP contribution in [0.3, 0.4) is 0 Å². The van der Waals surface area contributed by atoms with Crippen LogP contribution < -0.4 is 9.96 Å². The second kappa shape index (κ2) is 4.06. The fourth-order valence-electron chi connectivity index (χ4n) is 1.11. The van der Waals surface area contributed by atoms with Crippen LogP contribution in [0, 0.1) is 0 Å². The number of anilines is 2. The van der Waals surface area contributed by atoms with Gasteiger partial charge in [-0.05, 0) is 32.9 Å². The van der Waals surface area contributed by atoms with E-state index < -0.39 is 0 Å². The van der Waals surface area contributed by atoms with Crippen molar-refractivity contribution in [3.63, 3.8) is 0 Å². The lowest BCUT2D eigenvalue weighted by Gasteiger charge is -2.30. The Morgan fingerprint density at radius 3 is 2.13 bits per heavy atom. The van der Waals surface area contributed by atoms with Crippen LogP contribution in [0.1, 0.15) is 20.8 Å². The summed E-state index contributed by atoms with van der Waals surface area (Å²) >= 11 is 0. The molecule has 0 radical (unpaired) electrons. The highest BCUT2D eigenvalue weighted by molar-refractivity contribution is 5.49. The molecule has 0 amide bonds. The SMILES string of the molecule is CN(C)c1ccc(N(O)C(C)(C)C)nc1. The molecule has 1 N–H and O–H groups in total. The van der Waals surface area contributed by atoms with Gasteiger partial charge in [0, 0.05) is 14.1 Å². The van der Waals surface area contributed by atoms with Crippen LogP contribution >= 0.6 is 0 Å². The summed E-state index contributed by atoms with van der Waals surface area (Å²) < 4.78 is 0. The van der Waals surface area contributed by atoms with Crippen molar-refractivity contribution in [2.45, 2.75) is 26.3 Å². The van der Waals surface area contributed by atoms with Gasteiger partial charge in [-0.2, -0.15) is 0 Å². The van der Waals surface area contributed by atoms with Crippen molar-refractivity contribution >= 4 is 11.5 Å². The van der Waals surface area contributed by atoms with Gasteiger partial charge in [0.25, 0.3) is 0 Å². The zero-order chi connectivity index (χ0) is 11.6. The highest BCUT2D eigenvalue weighted by Gasteiger charge is 2.20. The lowest BCUT2D eigenvalue weighted by molar-refractivity contribution is 0.178. The Bertz CT molecular complexity index is 314. The summed E-state index contributed by atoms with van der Waals surface area (Å²) in [5, 5.41) is 11.0. The smallest absolute Gasteiger partial charge is 0.152 e. The Hall–Kier alpha value is -1.29. The number of hydroxylamine groups is 1. The molecule has 0 aliphatic rings. The van der Waals surface area contributed by atoms with Crippen LogP contribution in [0.5, 0.6) is 0 Å². The van der Waals surface area contributed by atoms with E-state index in [1.807, 2.05) is 45.8 Å². The van der Waals surface area contributed by atoms with E-state index in [1.54, 1.807) is 12.3 Å². The largest absolute Gasteiger partial charge is 0.376 e. The van der Waals surface area contributed by atoms with Crippen LogP contribution in [0.4, 0.5) is 11.5 Å². The molecule has 0 aromatic carbocycles. The summed E-state index contributed by atoms with van der Waals surface area (Å²) in [7, 11) is 3.91. The Morgan fingerprint density at radius 1 is 1.20 bits per heavy atom. The molecule has 0 atom stereocenters. The van der Waals surface area contributed by atoms with E-state index in [9.17, 15) is 5.21 Å². The zero-order valence-corrected chi connectivity index (χ0v) is 10.0. The van der Waals surface area contributed by atoms with Crippen molar-refractivity contribution in [3.05, 3.63) is 18.3 Å². The first-order chi connectivity index (χ1) is 6.82. The monoisotopic (exact) mass is 209 g/mol. The molecule has 1 aromatic heterocycles. The normalized spacial score (nSPS) is 11.3. The third-order valence-electron chi connectivity index (χ3n) is 2.10. The first-order valence-corrected chi connectivity index (χ1v) is 4.95. The number of nitrogens with zero attached hydrogens (tertiary/aromatic N) is 3. The summed E-state index contributed by atoms with van der Waals surface area (Å²) in [6.45, 7) is 5.78. The number of rotatable bonds is 2. The number of hydrogen-bond donors (Lipinski definition) is 1. The van der Waals surface area contributed by atoms with Crippen LogP contribution in [0.15, 0.2) is 18.3 Å². The second-order valence-corrected chi connectivity index (χ2v) is 4.75. The minimum atomic E-state index is -0.341. The van der Waals surface area contributed by atoms with E-state index in [4.69, 9.17) is 0 Å². The molecular formula is C11H19N3O. The molecule has 0 saturated carbocycles. The van der Waals surface area contributed by atoms with Crippen molar-refractivity contribution in [2.75, 3.05) is 24.1 Å². The average molecular weight is 209 g/mol. The molecule has 84 valence electrons. The van der Waals surface area contributed by atoms with Gasteiger partial charge in [0.15, 0.2) is 5.82 Å². The van der Waals surface area contributed by atoms with Gasteiger partial charge in [-0.25, -0.2) is 10.0 Å². The summed E-state index contributed by atoms with van der Waals surface area (Å²) in [6, 6.07) is 3.73. The highest BCUT2D eigenvalue weighted by atomic mass is 16.5. The molecule has 1 aromatic rings. The van der Waals surface area contributed by atoms with Gasteiger partial charge in [-0.15, -0.1) is 0 Å². The second-order valence-electron chi connectivity index (χ2n) is 4.75. The predicted octanol–water partition coefficient (Wildman–Crippen LogP) is 2.14. The fraction of sp³-hybridized carbons (Fsp3) is 0.545. The molecule has 4 heteroatoms. The maximum atomic E-state index is 9.84. The Labute approximate surface area is 91.1 Å². The Balaban J connectivity index is 2.89. The van der Waals surface area contributed by atoms with Crippen molar-refractivity contribution in [2.24, 2.45) is 0 Å². The van der Waals surface area contributed by atoms with Gasteiger partial charge >= 0.3 is 0 Å². The molecule has 4 nitrogen and oxygen atoms in total. The molecule has 0 unspecified atom stereocenters. The molecule has 15 heavy (non-hydrogen) atoms. The lowest BCUT2D eigenvalue weighted by atomic mass is 10.1. The molecule has 0 fully saturated rings. The van der Waals surface area contributed by atoms with E-state index >= 15 is 0 Å². The Morgan fingerprint density at radius 2 is 1.80 bits per heavy atom. The maximum absolute atomic E-state index is 9.84. The van der Waals surface area contributed by atoms with E-state index in [2.05, 4.69) is 4.98 Å². The van der Waals surface area contributed by atoms with Crippen LogP contribution in [0.25, 0.3) is 0 Å². The molecule has 1 heterocycles. The van der Waals surface area contributed by atoms with Crippen LogP contribution in [-0.4, -0.2) is 29.8 Å². The molecule has 0 aliphatic heterocycles. The quantitative estimate of drug-likeness (QED) is 0.757. The summed E-state index contributed by atoms with van der Waals surface area (Å²) in [5.74, 6) is 0.563. The first-order valence-electron chi connectivity index (χ1n) is 4.95. The maximum Gasteiger partial charge on any atom is 0.152 e. The minimum absolute atomic E-state index is 0.341. The van der Waals surface area contributed by atoms with Crippen molar-refractivity contribution in [1.29, 1.82) is 0 Å². The van der Waals surface area contributed by atoms with Gasteiger partial charge in [0.1, 0.15) is 0 Å². The first kappa shape index (κ1) is 11.8. The minimum Gasteiger partial charge on any atom is -0.376 e. The molecule has 0 aliphatic carbocycles. The van der Waals surface area contributed by atoms with E-state index in [0.29, 0.717) is 5.82 Å². The standard InChI is InChI=1S/C11H19N3O/c1-11(2,3)14(15)10-7-6-9(8-12-10)13(4)5/h6-8,15H,1-5H3. The number of hydrogen-bond acceptors (Lipinski definition) is 4. The van der Waals surface area contributed by atoms with E-state index in [-0.39, 0.29) is 5.54 Å². The van der Waals surface area contributed by atoms with Gasteiger partial charge < -0.3 is 4.90 Å². The predicted molar refractivity (Wildman–Crippen MR) is 62.6 cm³/mol. The number of pyridine rings is 1. The van der Waals surface area contributed by atoms with Crippen molar-refractivity contribution < 1.29 is 5.21 Å². The van der Waals surface area contributed by atoms with Crippen LogP contribution in [0.2, 0.25) is 0 Å². The molecule has 0 bridgehead atoms. The van der Waals surface area contributed by atoms with Gasteiger partial charge in [0.2, 0.25) is 0 Å². The fourth-order valence-corrected chi connectivity index (χ4v) is 1.11. The Kier molecular flexibility index (Phi) is 3.19. The van der Waals surface area contributed by atoms with Gasteiger partial charge in [-0.3, -0.25) is 5.21 Å². The topological polar surface area (TPSA) is 39.6 Å². The van der Waals surface area contributed by atoms with E-state index in [1.165, 1.54) is 5.06 Å². The molecule has 0 saturated heterocycles. The number of aromatic nitrogens is 1. The average Bonchev–Trinajstić information content (AvgIpc) is 2.15. The van der Waals surface area contributed by atoms with Gasteiger partial charge in [-0.1, -0.05) is 0 Å². The molecule has 1 rings (SSSR count). The van der Waals surface area contributed by atoms with Crippen LogP contribution in [-0.2, 0) is 0 Å².